The van der Waals surface area contributed by atoms with Gasteiger partial charge in [0.15, 0.2) is 0 Å². The zero-order valence-electron chi connectivity index (χ0n) is 10.6. The second-order valence-corrected chi connectivity index (χ2v) is 5.36. The number of nitrogens with zero attached hydrogens (tertiary/aromatic N) is 2. The van der Waals surface area contributed by atoms with E-state index in [2.05, 4.69) is 29.2 Å². The first-order valence-corrected chi connectivity index (χ1v) is 6.42. The maximum atomic E-state index is 5.47. The van der Waals surface area contributed by atoms with Gasteiger partial charge >= 0.3 is 0 Å². The van der Waals surface area contributed by atoms with Crippen molar-refractivity contribution >= 4 is 0 Å². The number of hydrogen-bond acceptors (Lipinski definition) is 4. The van der Waals surface area contributed by atoms with E-state index >= 15 is 0 Å². The monoisotopic (exact) mass is 227 g/mol. The molecule has 1 N–H and O–H groups in total. The first-order chi connectivity index (χ1) is 7.74. The Kier molecular flexibility index (Phi) is 4.58. The van der Waals surface area contributed by atoms with Crippen LogP contribution in [0.25, 0.3) is 0 Å². The van der Waals surface area contributed by atoms with Crippen molar-refractivity contribution in [1.29, 1.82) is 0 Å². The first kappa shape index (κ1) is 12.3. The molecule has 2 rings (SSSR count). The van der Waals surface area contributed by atoms with Crippen molar-refractivity contribution in [2.75, 3.05) is 60.0 Å². The molecule has 16 heavy (non-hydrogen) atoms. The molecule has 0 saturated carbocycles. The van der Waals surface area contributed by atoms with E-state index in [1.54, 1.807) is 0 Å². The number of likely N-dealkylation sites (N-methyl/N-ethyl adjacent to an activating group) is 1. The summed E-state index contributed by atoms with van der Waals surface area (Å²) in [4.78, 5) is 4.89. The molecule has 94 valence electrons. The van der Waals surface area contributed by atoms with Gasteiger partial charge in [0.25, 0.3) is 0 Å². The van der Waals surface area contributed by atoms with Gasteiger partial charge in [-0.25, -0.2) is 0 Å². The number of morpholine rings is 1. The fourth-order valence-corrected chi connectivity index (χ4v) is 2.80. The summed E-state index contributed by atoms with van der Waals surface area (Å²) in [6.07, 6.45) is 1.36. The Hall–Kier alpha value is -0.160. The topological polar surface area (TPSA) is 27.7 Å². The number of nitrogens with one attached hydrogen (secondary N) is 1. The minimum atomic E-state index is 0.526. The highest BCUT2D eigenvalue weighted by atomic mass is 16.5. The third kappa shape index (κ3) is 3.70. The highest BCUT2D eigenvalue weighted by Crippen LogP contribution is 2.15. The molecule has 2 heterocycles. The summed E-state index contributed by atoms with van der Waals surface area (Å²) in [6, 6.07) is 0.526. The van der Waals surface area contributed by atoms with E-state index in [4.69, 9.17) is 4.74 Å². The molecule has 2 aliphatic heterocycles. The van der Waals surface area contributed by atoms with E-state index in [1.807, 2.05) is 0 Å². The molecular formula is C12H25N3O. The summed E-state index contributed by atoms with van der Waals surface area (Å²) in [5, 5.41) is 3.51. The smallest absolute Gasteiger partial charge is 0.0632 e. The summed E-state index contributed by atoms with van der Waals surface area (Å²) in [5.41, 5.74) is 0. The third-order valence-electron chi connectivity index (χ3n) is 3.59. The van der Waals surface area contributed by atoms with Crippen molar-refractivity contribution in [3.63, 3.8) is 0 Å². The van der Waals surface area contributed by atoms with Crippen LogP contribution in [0.4, 0.5) is 0 Å². The molecule has 2 unspecified atom stereocenters. The highest BCUT2D eigenvalue weighted by Gasteiger charge is 2.22. The van der Waals surface area contributed by atoms with Crippen LogP contribution >= 0.6 is 0 Å². The fourth-order valence-electron chi connectivity index (χ4n) is 2.80. The molecule has 0 aromatic carbocycles. The van der Waals surface area contributed by atoms with Crippen LogP contribution in [0.5, 0.6) is 0 Å². The summed E-state index contributed by atoms with van der Waals surface area (Å²) >= 11 is 0. The molecule has 0 radical (unpaired) electrons. The average Bonchev–Trinajstić information content (AvgIpc) is 2.65. The SMILES string of the molecule is CN1CCC(CN(C)CC2COCCN2)C1. The number of hydrogen-bond donors (Lipinski definition) is 1. The second-order valence-electron chi connectivity index (χ2n) is 5.36. The normalized spacial score (nSPS) is 32.4. The summed E-state index contributed by atoms with van der Waals surface area (Å²) in [7, 11) is 4.45. The van der Waals surface area contributed by atoms with Crippen LogP contribution in [0.15, 0.2) is 0 Å². The minimum absolute atomic E-state index is 0.526. The first-order valence-electron chi connectivity index (χ1n) is 6.42. The van der Waals surface area contributed by atoms with Crippen LogP contribution < -0.4 is 5.32 Å². The van der Waals surface area contributed by atoms with Gasteiger partial charge in [-0.2, -0.15) is 0 Å². The fraction of sp³-hybridized carbons (Fsp3) is 1.00. The Morgan fingerprint density at radius 1 is 1.44 bits per heavy atom. The second kappa shape index (κ2) is 5.96. The van der Waals surface area contributed by atoms with E-state index in [1.165, 1.54) is 26.1 Å². The molecule has 2 aliphatic rings. The Labute approximate surface area is 98.9 Å². The van der Waals surface area contributed by atoms with Crippen LogP contribution in [0.3, 0.4) is 0 Å². The minimum Gasteiger partial charge on any atom is -0.378 e. The molecule has 2 fully saturated rings. The van der Waals surface area contributed by atoms with E-state index < -0.39 is 0 Å². The lowest BCUT2D eigenvalue weighted by molar-refractivity contribution is 0.0636. The van der Waals surface area contributed by atoms with Crippen molar-refractivity contribution in [2.24, 2.45) is 5.92 Å². The maximum absolute atomic E-state index is 5.47. The van der Waals surface area contributed by atoms with Gasteiger partial charge < -0.3 is 19.9 Å². The van der Waals surface area contributed by atoms with Crippen LogP contribution in [-0.2, 0) is 4.74 Å². The molecule has 0 amide bonds. The molecule has 2 saturated heterocycles. The molecule has 4 heteroatoms. The molecule has 0 bridgehead atoms. The van der Waals surface area contributed by atoms with Gasteiger partial charge in [0, 0.05) is 32.2 Å². The number of ether oxygens (including phenoxy) is 1. The average molecular weight is 227 g/mol. The van der Waals surface area contributed by atoms with Gasteiger partial charge in [0.1, 0.15) is 0 Å². The van der Waals surface area contributed by atoms with Gasteiger partial charge in [0.05, 0.1) is 13.2 Å². The predicted molar refractivity (Wildman–Crippen MR) is 65.7 cm³/mol. The quantitative estimate of drug-likeness (QED) is 0.723. The lowest BCUT2D eigenvalue weighted by Gasteiger charge is -2.29. The lowest BCUT2D eigenvalue weighted by Crippen LogP contribution is -2.48. The third-order valence-corrected chi connectivity index (χ3v) is 3.59. The van der Waals surface area contributed by atoms with Crippen molar-refractivity contribution in [1.82, 2.24) is 15.1 Å². The Balaban J connectivity index is 1.65. The van der Waals surface area contributed by atoms with Crippen LogP contribution in [0.2, 0.25) is 0 Å². The van der Waals surface area contributed by atoms with E-state index in [0.29, 0.717) is 6.04 Å². The Bertz CT molecular complexity index is 200. The predicted octanol–water partition coefficient (Wildman–Crippen LogP) is -0.142. The molecule has 0 aromatic heterocycles. The van der Waals surface area contributed by atoms with Crippen molar-refractivity contribution in [3.05, 3.63) is 0 Å². The highest BCUT2D eigenvalue weighted by molar-refractivity contribution is 4.78. The molecule has 4 nitrogen and oxygen atoms in total. The van der Waals surface area contributed by atoms with Gasteiger partial charge in [0.2, 0.25) is 0 Å². The Morgan fingerprint density at radius 2 is 2.31 bits per heavy atom. The van der Waals surface area contributed by atoms with Gasteiger partial charge in [-0.1, -0.05) is 0 Å². The van der Waals surface area contributed by atoms with Crippen LogP contribution in [0.1, 0.15) is 6.42 Å². The largest absolute Gasteiger partial charge is 0.378 e. The number of rotatable bonds is 4. The van der Waals surface area contributed by atoms with E-state index in [9.17, 15) is 0 Å². The van der Waals surface area contributed by atoms with Gasteiger partial charge in [-0.05, 0) is 33.0 Å². The number of likely N-dealkylation sites (tertiary alicyclic amines) is 1. The molecule has 0 aromatic rings. The summed E-state index contributed by atoms with van der Waals surface area (Å²) < 4.78 is 5.47. The van der Waals surface area contributed by atoms with Crippen molar-refractivity contribution in [3.8, 4) is 0 Å². The zero-order chi connectivity index (χ0) is 11.4. The van der Waals surface area contributed by atoms with E-state index in [0.717, 1.165) is 32.2 Å². The standard InChI is InChI=1S/C12H25N3O/c1-14-5-3-11(7-14)8-15(2)9-12-10-16-6-4-13-12/h11-13H,3-10H2,1-2H3. The van der Waals surface area contributed by atoms with Crippen LogP contribution in [0, 0.1) is 5.92 Å². The van der Waals surface area contributed by atoms with Gasteiger partial charge in [-0.15, -0.1) is 0 Å². The summed E-state index contributed by atoms with van der Waals surface area (Å²) in [5.74, 6) is 0.861. The van der Waals surface area contributed by atoms with Crippen molar-refractivity contribution < 1.29 is 4.74 Å². The van der Waals surface area contributed by atoms with E-state index in [-0.39, 0.29) is 0 Å². The summed E-state index contributed by atoms with van der Waals surface area (Å²) in [6.45, 7) is 7.61. The van der Waals surface area contributed by atoms with Crippen molar-refractivity contribution in [2.45, 2.75) is 12.5 Å². The van der Waals surface area contributed by atoms with Crippen LogP contribution in [-0.4, -0.2) is 75.9 Å². The zero-order valence-corrected chi connectivity index (χ0v) is 10.6. The van der Waals surface area contributed by atoms with Gasteiger partial charge in [-0.3, -0.25) is 0 Å². The Morgan fingerprint density at radius 3 is 2.94 bits per heavy atom. The molecule has 2 atom stereocenters. The molecular weight excluding hydrogens is 202 g/mol. The molecule has 0 aliphatic carbocycles. The molecule has 0 spiro atoms. The lowest BCUT2D eigenvalue weighted by atomic mass is 10.1. The maximum Gasteiger partial charge on any atom is 0.0632 e.